The molecular weight excluding hydrogens is 244 g/mol. The highest BCUT2D eigenvalue weighted by atomic mass is 16.2. The summed E-state index contributed by atoms with van der Waals surface area (Å²) in [5.41, 5.74) is 8.40. The Kier molecular flexibility index (Phi) is 3.55. The molecule has 0 radical (unpaired) electrons. The minimum Gasteiger partial charge on any atom is -0.395 e. The molecule has 19 heavy (non-hydrogen) atoms. The van der Waals surface area contributed by atoms with Crippen LogP contribution in [0, 0.1) is 0 Å². The summed E-state index contributed by atoms with van der Waals surface area (Å²) < 4.78 is 1.50. The van der Waals surface area contributed by atoms with Crippen LogP contribution < -0.4 is 11.1 Å². The number of aromatic amines is 1. The van der Waals surface area contributed by atoms with Gasteiger partial charge in [0.2, 0.25) is 0 Å². The van der Waals surface area contributed by atoms with E-state index in [4.69, 9.17) is 5.73 Å². The largest absolute Gasteiger partial charge is 0.395 e. The van der Waals surface area contributed by atoms with Gasteiger partial charge in [-0.25, -0.2) is 0 Å². The SMILES string of the molecule is CCc1cc(NC(=O)c2c(N)c(CC)nn2C)n[nH]1. The molecule has 1 amide bonds. The topological polar surface area (TPSA) is 102 Å². The Bertz CT molecular complexity index is 597. The van der Waals surface area contributed by atoms with E-state index in [0.717, 1.165) is 17.8 Å². The van der Waals surface area contributed by atoms with E-state index in [9.17, 15) is 4.79 Å². The normalized spacial score (nSPS) is 10.7. The van der Waals surface area contributed by atoms with Gasteiger partial charge in [0.1, 0.15) is 5.69 Å². The van der Waals surface area contributed by atoms with Crippen molar-refractivity contribution in [3.63, 3.8) is 0 Å². The zero-order valence-corrected chi connectivity index (χ0v) is 11.3. The first-order valence-electron chi connectivity index (χ1n) is 6.23. The molecule has 0 bridgehead atoms. The lowest BCUT2D eigenvalue weighted by Gasteiger charge is -2.03. The van der Waals surface area contributed by atoms with Gasteiger partial charge in [-0.05, 0) is 12.8 Å². The molecular formula is C12H18N6O. The summed E-state index contributed by atoms with van der Waals surface area (Å²) >= 11 is 0. The van der Waals surface area contributed by atoms with Crippen LogP contribution in [0.15, 0.2) is 6.07 Å². The number of carbonyl (C=O) groups is 1. The number of rotatable bonds is 4. The predicted octanol–water partition coefficient (Wildman–Crippen LogP) is 1.10. The molecule has 2 aromatic rings. The summed E-state index contributed by atoms with van der Waals surface area (Å²) in [7, 11) is 1.70. The number of nitrogens with zero attached hydrogens (tertiary/aromatic N) is 3. The zero-order valence-electron chi connectivity index (χ0n) is 11.3. The van der Waals surface area contributed by atoms with Crippen molar-refractivity contribution < 1.29 is 4.79 Å². The molecule has 2 rings (SSSR count). The lowest BCUT2D eigenvalue weighted by Crippen LogP contribution is -2.17. The fraction of sp³-hybridized carbons (Fsp3) is 0.417. The number of amides is 1. The monoisotopic (exact) mass is 262 g/mol. The Balaban J connectivity index is 2.22. The van der Waals surface area contributed by atoms with Gasteiger partial charge < -0.3 is 11.1 Å². The number of hydrogen-bond acceptors (Lipinski definition) is 4. The third-order valence-electron chi connectivity index (χ3n) is 2.96. The Morgan fingerprint density at radius 1 is 1.47 bits per heavy atom. The summed E-state index contributed by atoms with van der Waals surface area (Å²) in [6, 6.07) is 1.80. The van der Waals surface area contributed by atoms with Crippen LogP contribution in [0.1, 0.15) is 35.7 Å². The molecule has 4 N–H and O–H groups in total. The maximum atomic E-state index is 12.2. The second-order valence-corrected chi connectivity index (χ2v) is 4.27. The second kappa shape index (κ2) is 5.13. The Labute approximate surface area is 111 Å². The summed E-state index contributed by atoms with van der Waals surface area (Å²) in [5.74, 6) is 0.182. The first-order chi connectivity index (χ1) is 9.06. The zero-order chi connectivity index (χ0) is 14.0. The average Bonchev–Trinajstić information content (AvgIpc) is 2.93. The number of nitrogens with one attached hydrogen (secondary N) is 2. The first kappa shape index (κ1) is 13.1. The minimum atomic E-state index is -0.304. The average molecular weight is 262 g/mol. The Hall–Kier alpha value is -2.31. The number of carbonyl (C=O) groups excluding carboxylic acids is 1. The quantitative estimate of drug-likeness (QED) is 0.767. The summed E-state index contributed by atoms with van der Waals surface area (Å²) in [5, 5.41) is 13.8. The molecule has 0 spiro atoms. The van der Waals surface area contributed by atoms with Crippen LogP contribution in [0.5, 0.6) is 0 Å². The van der Waals surface area contributed by atoms with E-state index >= 15 is 0 Å². The smallest absolute Gasteiger partial charge is 0.277 e. The molecule has 0 aliphatic carbocycles. The van der Waals surface area contributed by atoms with Crippen molar-refractivity contribution in [2.45, 2.75) is 26.7 Å². The molecule has 0 aliphatic rings. The first-order valence-corrected chi connectivity index (χ1v) is 6.23. The number of aryl methyl sites for hydroxylation is 3. The highest BCUT2D eigenvalue weighted by Crippen LogP contribution is 2.18. The highest BCUT2D eigenvalue weighted by Gasteiger charge is 2.19. The van der Waals surface area contributed by atoms with Crippen LogP contribution in [-0.2, 0) is 19.9 Å². The van der Waals surface area contributed by atoms with Crippen molar-refractivity contribution in [1.29, 1.82) is 0 Å². The van der Waals surface area contributed by atoms with E-state index < -0.39 is 0 Å². The number of nitrogen functional groups attached to an aromatic ring is 1. The van der Waals surface area contributed by atoms with Crippen molar-refractivity contribution >= 4 is 17.4 Å². The Morgan fingerprint density at radius 2 is 2.21 bits per heavy atom. The standard InChI is InChI=1S/C12H18N6O/c1-4-7-6-9(16-15-7)14-12(19)11-10(13)8(5-2)17-18(11)3/h6H,4-5,13H2,1-3H3,(H2,14,15,16,19). The van der Waals surface area contributed by atoms with Gasteiger partial charge in [-0.15, -0.1) is 0 Å². The van der Waals surface area contributed by atoms with Crippen LogP contribution in [0.2, 0.25) is 0 Å². The molecule has 0 atom stereocenters. The van der Waals surface area contributed by atoms with Gasteiger partial charge in [0.15, 0.2) is 5.82 Å². The maximum Gasteiger partial charge on any atom is 0.277 e. The maximum absolute atomic E-state index is 12.2. The van der Waals surface area contributed by atoms with E-state index in [2.05, 4.69) is 20.6 Å². The van der Waals surface area contributed by atoms with Gasteiger partial charge >= 0.3 is 0 Å². The van der Waals surface area contributed by atoms with E-state index in [1.54, 1.807) is 13.1 Å². The lowest BCUT2D eigenvalue weighted by molar-refractivity contribution is 0.101. The van der Waals surface area contributed by atoms with Crippen LogP contribution >= 0.6 is 0 Å². The van der Waals surface area contributed by atoms with Crippen LogP contribution in [0.25, 0.3) is 0 Å². The van der Waals surface area contributed by atoms with Crippen molar-refractivity contribution in [2.75, 3.05) is 11.1 Å². The van der Waals surface area contributed by atoms with E-state index in [0.29, 0.717) is 23.6 Å². The summed E-state index contributed by atoms with van der Waals surface area (Å²) in [6.07, 6.45) is 1.52. The molecule has 2 heterocycles. The summed E-state index contributed by atoms with van der Waals surface area (Å²) in [4.78, 5) is 12.2. The molecule has 0 saturated carbocycles. The highest BCUT2D eigenvalue weighted by molar-refractivity contribution is 6.06. The van der Waals surface area contributed by atoms with Crippen molar-refractivity contribution in [2.24, 2.45) is 7.05 Å². The molecule has 0 aliphatic heterocycles. The van der Waals surface area contributed by atoms with Gasteiger partial charge in [0, 0.05) is 18.8 Å². The molecule has 102 valence electrons. The lowest BCUT2D eigenvalue weighted by atomic mass is 10.2. The van der Waals surface area contributed by atoms with Gasteiger partial charge in [-0.3, -0.25) is 14.6 Å². The number of anilines is 2. The molecule has 0 saturated heterocycles. The van der Waals surface area contributed by atoms with Crippen molar-refractivity contribution in [1.82, 2.24) is 20.0 Å². The van der Waals surface area contributed by atoms with Crippen LogP contribution in [-0.4, -0.2) is 25.9 Å². The summed E-state index contributed by atoms with van der Waals surface area (Å²) in [6.45, 7) is 3.95. The molecule has 0 fully saturated rings. The van der Waals surface area contributed by atoms with Crippen LogP contribution in [0.3, 0.4) is 0 Å². The number of hydrogen-bond donors (Lipinski definition) is 3. The fourth-order valence-electron chi connectivity index (χ4n) is 1.91. The van der Waals surface area contributed by atoms with E-state index in [1.165, 1.54) is 4.68 Å². The van der Waals surface area contributed by atoms with Gasteiger partial charge in [0.05, 0.1) is 11.4 Å². The number of nitrogens with two attached hydrogens (primary N) is 1. The minimum absolute atomic E-state index is 0.304. The molecule has 7 nitrogen and oxygen atoms in total. The number of H-pyrrole nitrogens is 1. The molecule has 2 aromatic heterocycles. The predicted molar refractivity (Wildman–Crippen MR) is 72.9 cm³/mol. The second-order valence-electron chi connectivity index (χ2n) is 4.27. The van der Waals surface area contributed by atoms with Crippen LogP contribution in [0.4, 0.5) is 11.5 Å². The van der Waals surface area contributed by atoms with E-state index in [-0.39, 0.29) is 5.91 Å². The van der Waals surface area contributed by atoms with Crippen molar-refractivity contribution in [3.8, 4) is 0 Å². The number of aromatic nitrogens is 4. The van der Waals surface area contributed by atoms with Gasteiger partial charge in [-0.1, -0.05) is 13.8 Å². The van der Waals surface area contributed by atoms with Crippen molar-refractivity contribution in [3.05, 3.63) is 23.1 Å². The third-order valence-corrected chi connectivity index (χ3v) is 2.96. The Morgan fingerprint density at radius 3 is 2.74 bits per heavy atom. The molecule has 7 heteroatoms. The fourth-order valence-corrected chi connectivity index (χ4v) is 1.91. The van der Waals surface area contributed by atoms with E-state index in [1.807, 2.05) is 13.8 Å². The van der Waals surface area contributed by atoms with Gasteiger partial charge in [-0.2, -0.15) is 10.2 Å². The molecule has 0 unspecified atom stereocenters. The third kappa shape index (κ3) is 2.44. The molecule has 0 aromatic carbocycles. The van der Waals surface area contributed by atoms with Gasteiger partial charge in [0.25, 0.3) is 5.91 Å².